The summed E-state index contributed by atoms with van der Waals surface area (Å²) >= 11 is 18.6. The number of rotatable bonds is 6. The quantitative estimate of drug-likeness (QED) is 0.301. The molecule has 0 aliphatic rings. The summed E-state index contributed by atoms with van der Waals surface area (Å²) in [6, 6.07) is 19.1. The van der Waals surface area contributed by atoms with Gasteiger partial charge in [-0.25, -0.2) is 17.8 Å². The van der Waals surface area contributed by atoms with Gasteiger partial charge in [-0.3, -0.25) is 0 Å². The van der Waals surface area contributed by atoms with Crippen LogP contribution in [0.15, 0.2) is 65.6 Å². The average molecular weight is 546 g/mol. The fraction of sp³-hybridized carbons (Fsp3) is 0.120. The summed E-state index contributed by atoms with van der Waals surface area (Å²) in [5, 5.41) is 15.9. The highest BCUT2D eigenvalue weighted by Gasteiger charge is 2.24. The Morgan fingerprint density at radius 1 is 0.943 bits per heavy atom. The van der Waals surface area contributed by atoms with E-state index in [1.165, 1.54) is 4.68 Å². The molecule has 6 nitrogen and oxygen atoms in total. The minimum absolute atomic E-state index is 0.145. The second-order valence-corrected chi connectivity index (χ2v) is 11.0. The topological polar surface area (TPSA) is 87.8 Å². The number of sulfonamides is 1. The van der Waals surface area contributed by atoms with Crippen LogP contribution in [0.3, 0.4) is 0 Å². The van der Waals surface area contributed by atoms with Gasteiger partial charge in [0.25, 0.3) is 0 Å². The first-order valence-electron chi connectivity index (χ1n) is 10.4. The SMILES string of the molecule is Cc1cc(C)cc(S(=O)(=O)NCc2nn(-c3ccc(Cl)cc3Cl)c(-c3ccc(Cl)cc3)c2C#N)c1. The summed E-state index contributed by atoms with van der Waals surface area (Å²) in [6.07, 6.45) is 0. The highest BCUT2D eigenvalue weighted by Crippen LogP contribution is 2.33. The monoisotopic (exact) mass is 544 g/mol. The Balaban J connectivity index is 1.82. The molecule has 178 valence electrons. The van der Waals surface area contributed by atoms with Crippen LogP contribution in [0.5, 0.6) is 0 Å². The van der Waals surface area contributed by atoms with Gasteiger partial charge in [-0.1, -0.05) is 53.0 Å². The van der Waals surface area contributed by atoms with E-state index in [4.69, 9.17) is 34.8 Å². The van der Waals surface area contributed by atoms with Crippen molar-refractivity contribution in [3.63, 3.8) is 0 Å². The molecule has 0 radical (unpaired) electrons. The summed E-state index contributed by atoms with van der Waals surface area (Å²) in [7, 11) is -3.85. The van der Waals surface area contributed by atoms with Crippen LogP contribution in [0.1, 0.15) is 22.4 Å². The minimum Gasteiger partial charge on any atom is -0.230 e. The molecule has 1 aromatic heterocycles. The van der Waals surface area contributed by atoms with Crippen molar-refractivity contribution in [3.8, 4) is 23.0 Å². The third kappa shape index (κ3) is 5.37. The number of aromatic nitrogens is 2. The van der Waals surface area contributed by atoms with Crippen LogP contribution in [0.25, 0.3) is 16.9 Å². The zero-order valence-electron chi connectivity index (χ0n) is 18.7. The molecule has 0 saturated carbocycles. The van der Waals surface area contributed by atoms with Crippen LogP contribution in [0.2, 0.25) is 15.1 Å². The molecule has 0 aliphatic carbocycles. The fourth-order valence-corrected chi connectivity index (χ4v) is 5.53. The second-order valence-electron chi connectivity index (χ2n) is 7.94. The first kappa shape index (κ1) is 25.2. The molecule has 0 amide bonds. The molecule has 0 fully saturated rings. The maximum atomic E-state index is 13.0. The summed E-state index contributed by atoms with van der Waals surface area (Å²) in [5.41, 5.74) is 3.71. The van der Waals surface area contributed by atoms with Crippen LogP contribution in [0.4, 0.5) is 0 Å². The Kier molecular flexibility index (Phi) is 7.22. The summed E-state index contributed by atoms with van der Waals surface area (Å²) in [6.45, 7) is 3.46. The number of nitrogens with one attached hydrogen (secondary N) is 1. The van der Waals surface area contributed by atoms with Gasteiger partial charge in [0, 0.05) is 15.6 Å². The predicted octanol–water partition coefficient (Wildman–Crippen LogP) is 6.47. The van der Waals surface area contributed by atoms with Gasteiger partial charge in [0.1, 0.15) is 11.6 Å². The molecule has 1 N–H and O–H groups in total. The third-order valence-electron chi connectivity index (χ3n) is 5.26. The van der Waals surface area contributed by atoms with Crippen LogP contribution < -0.4 is 4.72 Å². The number of halogens is 3. The van der Waals surface area contributed by atoms with E-state index in [0.29, 0.717) is 32.0 Å². The number of nitriles is 1. The van der Waals surface area contributed by atoms with E-state index in [2.05, 4.69) is 15.9 Å². The minimum atomic E-state index is -3.85. The molecule has 4 rings (SSSR count). The molecule has 0 bridgehead atoms. The van der Waals surface area contributed by atoms with Gasteiger partial charge in [0.05, 0.1) is 33.5 Å². The molecular weight excluding hydrogens is 527 g/mol. The lowest BCUT2D eigenvalue weighted by atomic mass is 10.1. The van der Waals surface area contributed by atoms with Crippen LogP contribution in [0, 0.1) is 25.2 Å². The van der Waals surface area contributed by atoms with Gasteiger partial charge >= 0.3 is 0 Å². The molecular formula is C25H19Cl3N4O2S. The van der Waals surface area contributed by atoms with Gasteiger partial charge in [-0.15, -0.1) is 0 Å². The van der Waals surface area contributed by atoms with Crippen molar-refractivity contribution in [1.29, 1.82) is 5.26 Å². The van der Waals surface area contributed by atoms with E-state index in [1.54, 1.807) is 54.6 Å². The van der Waals surface area contributed by atoms with E-state index in [0.717, 1.165) is 11.1 Å². The fourth-order valence-electron chi connectivity index (χ4n) is 3.74. The maximum absolute atomic E-state index is 13.0. The molecule has 1 heterocycles. The molecule has 0 unspecified atom stereocenters. The molecule has 35 heavy (non-hydrogen) atoms. The number of nitrogens with zero attached hydrogens (tertiary/aromatic N) is 3. The Morgan fingerprint density at radius 3 is 2.17 bits per heavy atom. The Bertz CT molecular complexity index is 1550. The maximum Gasteiger partial charge on any atom is 0.240 e. The van der Waals surface area contributed by atoms with Gasteiger partial charge in [-0.2, -0.15) is 10.4 Å². The highest BCUT2D eigenvalue weighted by atomic mass is 35.5. The van der Waals surface area contributed by atoms with Crippen molar-refractivity contribution in [2.45, 2.75) is 25.3 Å². The number of aryl methyl sites for hydroxylation is 2. The molecule has 3 aromatic carbocycles. The second kappa shape index (κ2) is 10.0. The molecule has 4 aromatic rings. The third-order valence-corrected chi connectivity index (χ3v) is 7.43. The normalized spacial score (nSPS) is 11.4. The smallest absolute Gasteiger partial charge is 0.230 e. The lowest BCUT2D eigenvalue weighted by molar-refractivity contribution is 0.579. The van der Waals surface area contributed by atoms with Gasteiger partial charge < -0.3 is 0 Å². The first-order chi connectivity index (χ1) is 16.6. The van der Waals surface area contributed by atoms with E-state index in [-0.39, 0.29) is 22.7 Å². The summed E-state index contributed by atoms with van der Waals surface area (Å²) in [5.74, 6) is 0. The standard InChI is InChI=1S/C25H19Cl3N4O2S/c1-15-9-16(2)11-20(10-15)35(33,34)30-14-23-21(13-29)25(17-3-5-18(26)6-4-17)32(31-23)24-8-7-19(27)12-22(24)28/h3-12,30H,14H2,1-2H3. The van der Waals surface area contributed by atoms with Crippen molar-refractivity contribution in [2.75, 3.05) is 0 Å². The average Bonchev–Trinajstić information content (AvgIpc) is 3.16. The summed E-state index contributed by atoms with van der Waals surface area (Å²) < 4.78 is 30.1. The lowest BCUT2D eigenvalue weighted by Crippen LogP contribution is -2.24. The van der Waals surface area contributed by atoms with Crippen molar-refractivity contribution in [1.82, 2.24) is 14.5 Å². The summed E-state index contributed by atoms with van der Waals surface area (Å²) in [4.78, 5) is 0.145. The first-order valence-corrected chi connectivity index (χ1v) is 13.0. The van der Waals surface area contributed by atoms with Crippen LogP contribution in [-0.4, -0.2) is 18.2 Å². The predicted molar refractivity (Wildman–Crippen MR) is 139 cm³/mol. The van der Waals surface area contributed by atoms with E-state index >= 15 is 0 Å². The number of hydrogen-bond donors (Lipinski definition) is 1. The molecule has 0 atom stereocenters. The molecule has 0 aliphatic heterocycles. The van der Waals surface area contributed by atoms with E-state index in [1.807, 2.05) is 19.9 Å². The van der Waals surface area contributed by atoms with Crippen molar-refractivity contribution in [3.05, 3.63) is 98.1 Å². The number of hydrogen-bond acceptors (Lipinski definition) is 4. The van der Waals surface area contributed by atoms with Crippen molar-refractivity contribution >= 4 is 44.8 Å². The van der Waals surface area contributed by atoms with Gasteiger partial charge in [-0.05, 0) is 67.4 Å². The van der Waals surface area contributed by atoms with E-state index < -0.39 is 10.0 Å². The lowest BCUT2D eigenvalue weighted by Gasteiger charge is -2.10. The molecule has 10 heteroatoms. The molecule has 0 spiro atoms. The van der Waals surface area contributed by atoms with Gasteiger partial charge in [0.15, 0.2) is 0 Å². The highest BCUT2D eigenvalue weighted by molar-refractivity contribution is 7.89. The van der Waals surface area contributed by atoms with Crippen LogP contribution in [-0.2, 0) is 16.6 Å². The Hall–Kier alpha value is -2.86. The van der Waals surface area contributed by atoms with Crippen LogP contribution >= 0.6 is 34.8 Å². The van der Waals surface area contributed by atoms with Crippen molar-refractivity contribution < 1.29 is 8.42 Å². The van der Waals surface area contributed by atoms with Crippen molar-refractivity contribution in [2.24, 2.45) is 0 Å². The largest absolute Gasteiger partial charge is 0.240 e. The number of benzene rings is 3. The molecule has 0 saturated heterocycles. The zero-order valence-corrected chi connectivity index (χ0v) is 21.8. The van der Waals surface area contributed by atoms with Gasteiger partial charge in [0.2, 0.25) is 10.0 Å². The Labute approximate surface area is 218 Å². The zero-order chi connectivity index (χ0) is 25.3. The Morgan fingerprint density at radius 2 is 1.57 bits per heavy atom. The van der Waals surface area contributed by atoms with E-state index in [9.17, 15) is 13.7 Å².